The van der Waals surface area contributed by atoms with E-state index in [1.165, 1.54) is 19.1 Å². The molecule has 0 saturated carbocycles. The Morgan fingerprint density at radius 1 is 1.56 bits per heavy atom. The summed E-state index contributed by atoms with van der Waals surface area (Å²) in [5.41, 5.74) is 0.705. The van der Waals surface area contributed by atoms with Crippen molar-refractivity contribution in [1.29, 1.82) is 0 Å². The van der Waals surface area contributed by atoms with E-state index in [4.69, 9.17) is 4.74 Å². The minimum Gasteiger partial charge on any atom is -0.467 e. The van der Waals surface area contributed by atoms with Crippen LogP contribution in [0.15, 0.2) is 12.2 Å². The Labute approximate surface area is 97.8 Å². The molecule has 0 aromatic carbocycles. The number of nitrogens with zero attached hydrogens (tertiary/aromatic N) is 1. The number of esters is 1. The molecule has 2 fully saturated rings. The van der Waals surface area contributed by atoms with E-state index in [-0.39, 0.29) is 11.3 Å². The van der Waals surface area contributed by atoms with Crippen LogP contribution >= 0.6 is 11.8 Å². The van der Waals surface area contributed by atoms with Crippen molar-refractivity contribution in [2.45, 2.75) is 17.5 Å². The second-order valence-electron chi connectivity index (χ2n) is 3.69. The highest BCUT2D eigenvalue weighted by Crippen LogP contribution is 2.41. The van der Waals surface area contributed by atoms with E-state index in [1.54, 1.807) is 11.8 Å². The molecule has 3 atom stereocenters. The maximum atomic E-state index is 11.7. The summed E-state index contributed by atoms with van der Waals surface area (Å²) in [6.45, 7) is 3.81. The van der Waals surface area contributed by atoms with E-state index < -0.39 is 18.1 Å². The third kappa shape index (κ3) is 1.44. The third-order valence-corrected chi connectivity index (χ3v) is 4.17. The van der Waals surface area contributed by atoms with Crippen LogP contribution in [0.3, 0.4) is 0 Å². The van der Waals surface area contributed by atoms with Crippen LogP contribution in [0.5, 0.6) is 0 Å². The van der Waals surface area contributed by atoms with E-state index in [0.29, 0.717) is 11.3 Å². The first-order valence-electron chi connectivity index (χ1n) is 4.84. The molecule has 0 N–H and O–H groups in total. The van der Waals surface area contributed by atoms with Gasteiger partial charge in [0.1, 0.15) is 5.37 Å². The zero-order valence-corrected chi connectivity index (χ0v) is 9.95. The molecule has 0 aromatic rings. The summed E-state index contributed by atoms with van der Waals surface area (Å²) < 4.78 is 9.76. The minimum absolute atomic E-state index is 0.0906. The summed E-state index contributed by atoms with van der Waals surface area (Å²) in [6, 6.07) is -0.643. The molecular weight excluding hydrogens is 230 g/mol. The number of methoxy groups -OCH3 is 2. The van der Waals surface area contributed by atoms with Gasteiger partial charge >= 0.3 is 5.97 Å². The summed E-state index contributed by atoms with van der Waals surface area (Å²) >= 11 is 1.56. The Hall–Kier alpha value is -1.01. The third-order valence-electron chi connectivity index (χ3n) is 2.81. The highest BCUT2D eigenvalue weighted by atomic mass is 32.2. The highest BCUT2D eigenvalue weighted by molar-refractivity contribution is 8.00. The number of hydrogen-bond donors (Lipinski definition) is 0. The van der Waals surface area contributed by atoms with Crippen LogP contribution in [-0.4, -0.2) is 54.3 Å². The molecule has 0 aliphatic carbocycles. The van der Waals surface area contributed by atoms with Crippen molar-refractivity contribution in [2.75, 3.05) is 20.0 Å². The van der Waals surface area contributed by atoms with Crippen molar-refractivity contribution in [3.63, 3.8) is 0 Å². The normalized spacial score (nSPS) is 33.1. The summed E-state index contributed by atoms with van der Waals surface area (Å²) in [5.74, 6) is 0.0445. The van der Waals surface area contributed by atoms with E-state index in [2.05, 4.69) is 11.3 Å². The van der Waals surface area contributed by atoms with Crippen molar-refractivity contribution in [1.82, 2.24) is 4.90 Å². The lowest BCUT2D eigenvalue weighted by Gasteiger charge is -2.51. The number of amides is 1. The van der Waals surface area contributed by atoms with Gasteiger partial charge in [0.25, 0.3) is 5.91 Å². The second-order valence-corrected chi connectivity index (χ2v) is 4.79. The van der Waals surface area contributed by atoms with Gasteiger partial charge in [0.2, 0.25) is 0 Å². The monoisotopic (exact) mass is 243 g/mol. The number of carbonyl (C=O) groups excluding carboxylic acids is 2. The van der Waals surface area contributed by atoms with Gasteiger partial charge in [-0.15, -0.1) is 11.8 Å². The lowest BCUT2D eigenvalue weighted by atomic mass is 10.0. The van der Waals surface area contributed by atoms with Gasteiger partial charge in [0.05, 0.1) is 7.11 Å². The first-order valence-corrected chi connectivity index (χ1v) is 5.88. The number of thioether (sulfide) groups is 1. The Morgan fingerprint density at radius 3 is 2.81 bits per heavy atom. The van der Waals surface area contributed by atoms with Crippen LogP contribution in [0.25, 0.3) is 0 Å². The average molecular weight is 243 g/mol. The molecule has 1 amide bonds. The molecule has 5 nitrogen and oxygen atoms in total. The van der Waals surface area contributed by atoms with Crippen molar-refractivity contribution in [2.24, 2.45) is 0 Å². The minimum atomic E-state index is -0.643. The van der Waals surface area contributed by atoms with Crippen molar-refractivity contribution in [3.05, 3.63) is 12.2 Å². The molecule has 0 aromatic heterocycles. The summed E-state index contributed by atoms with van der Waals surface area (Å²) in [7, 11) is 2.81. The Morgan fingerprint density at radius 2 is 2.25 bits per heavy atom. The SMILES string of the molecule is C=C1CSC2[C@@H](OC)C(=O)N2C1C(=O)OC. The summed E-state index contributed by atoms with van der Waals surface area (Å²) in [5, 5.41) is -0.0906. The van der Waals surface area contributed by atoms with Crippen LogP contribution in [0.2, 0.25) is 0 Å². The van der Waals surface area contributed by atoms with E-state index in [0.717, 1.165) is 0 Å². The van der Waals surface area contributed by atoms with Crippen molar-refractivity contribution in [3.8, 4) is 0 Å². The van der Waals surface area contributed by atoms with E-state index >= 15 is 0 Å². The quantitative estimate of drug-likeness (QED) is 0.388. The molecule has 2 rings (SSSR count). The topological polar surface area (TPSA) is 55.8 Å². The molecule has 0 radical (unpaired) electrons. The number of ether oxygens (including phenoxy) is 2. The van der Waals surface area contributed by atoms with Crippen LogP contribution in [0, 0.1) is 0 Å². The van der Waals surface area contributed by atoms with Gasteiger partial charge in [-0.3, -0.25) is 4.79 Å². The zero-order valence-electron chi connectivity index (χ0n) is 9.13. The summed E-state index contributed by atoms with van der Waals surface area (Å²) in [4.78, 5) is 24.8. The van der Waals surface area contributed by atoms with Gasteiger partial charge in [-0.25, -0.2) is 4.79 Å². The largest absolute Gasteiger partial charge is 0.467 e. The van der Waals surface area contributed by atoms with Gasteiger partial charge in [-0.2, -0.15) is 0 Å². The molecule has 2 heterocycles. The van der Waals surface area contributed by atoms with Gasteiger partial charge in [0.15, 0.2) is 12.1 Å². The Balaban J connectivity index is 2.21. The Bertz CT molecular complexity index is 349. The fourth-order valence-corrected chi connectivity index (χ4v) is 3.31. The molecule has 2 aliphatic heterocycles. The lowest BCUT2D eigenvalue weighted by molar-refractivity contribution is -0.173. The maximum absolute atomic E-state index is 11.7. The van der Waals surface area contributed by atoms with E-state index in [1.807, 2.05) is 0 Å². The number of β-lactam (4-membered cyclic amide) rings is 1. The number of rotatable bonds is 2. The molecule has 6 heteroatoms. The van der Waals surface area contributed by atoms with Crippen molar-refractivity contribution < 1.29 is 19.1 Å². The number of carbonyl (C=O) groups is 2. The Kier molecular flexibility index (Phi) is 2.94. The van der Waals surface area contributed by atoms with Gasteiger partial charge in [0, 0.05) is 12.9 Å². The van der Waals surface area contributed by atoms with Crippen LogP contribution in [-0.2, 0) is 19.1 Å². The second kappa shape index (κ2) is 4.10. The van der Waals surface area contributed by atoms with Gasteiger partial charge in [-0.1, -0.05) is 6.58 Å². The molecule has 2 aliphatic rings. The van der Waals surface area contributed by atoms with Crippen LogP contribution < -0.4 is 0 Å². The molecule has 2 unspecified atom stereocenters. The van der Waals surface area contributed by atoms with Gasteiger partial charge < -0.3 is 14.4 Å². The number of fused-ring (bicyclic) bond motifs is 1. The molecule has 0 spiro atoms. The van der Waals surface area contributed by atoms with Gasteiger partial charge in [-0.05, 0) is 5.57 Å². The lowest BCUT2D eigenvalue weighted by Crippen LogP contribution is -2.70. The maximum Gasteiger partial charge on any atom is 0.332 e. The standard InChI is InChI=1S/C10H13NO4S/c1-5-4-16-9-7(14-2)8(12)11(9)6(5)10(13)15-3/h6-7,9H,1,4H2,2-3H3/t6?,7-,9?/m0/s1. The molecule has 16 heavy (non-hydrogen) atoms. The fourth-order valence-electron chi connectivity index (χ4n) is 1.98. The predicted octanol–water partition coefficient (Wildman–Crippen LogP) is 0.0143. The highest BCUT2D eigenvalue weighted by Gasteiger charge is 2.56. The molecular formula is C10H13NO4S. The molecule has 2 saturated heterocycles. The molecule has 0 bridgehead atoms. The smallest absolute Gasteiger partial charge is 0.332 e. The summed E-state index contributed by atoms with van der Waals surface area (Å²) in [6.07, 6.45) is -0.440. The zero-order chi connectivity index (χ0) is 11.9. The van der Waals surface area contributed by atoms with E-state index in [9.17, 15) is 9.59 Å². The van der Waals surface area contributed by atoms with Crippen molar-refractivity contribution >= 4 is 23.6 Å². The first-order chi connectivity index (χ1) is 7.61. The fraction of sp³-hybridized carbons (Fsp3) is 0.600. The predicted molar refractivity (Wildman–Crippen MR) is 58.8 cm³/mol. The average Bonchev–Trinajstić information content (AvgIpc) is 2.29. The first kappa shape index (κ1) is 11.5. The number of hydrogen-bond acceptors (Lipinski definition) is 5. The van der Waals surface area contributed by atoms with Crippen LogP contribution in [0.4, 0.5) is 0 Å². The van der Waals surface area contributed by atoms with Crippen LogP contribution in [0.1, 0.15) is 0 Å². The molecule has 88 valence electrons.